The molecule has 1 amide bonds. The first-order valence-corrected chi connectivity index (χ1v) is 11.3. The van der Waals surface area contributed by atoms with Gasteiger partial charge in [-0.1, -0.05) is 17.7 Å². The molecule has 0 spiro atoms. The molecule has 4 aromatic heterocycles. The van der Waals surface area contributed by atoms with Crippen molar-refractivity contribution in [3.63, 3.8) is 0 Å². The number of fused-ring (bicyclic) bond motifs is 1. The molecule has 1 fully saturated rings. The standard InChI is InChI=1S/C24H20ClN7O2/c1-32-12-16(10-28-32)15-6-18-19(11-27-22(18)26-9-15)24-31-30-21(34-24)8-13-2-3-14(7-20(13)25)23(33)29-17-4-5-17/h2-3,6-7,9-12,17H,4-5,8H2,1H3,(H,26,27)(H,29,33). The average Bonchev–Trinajstić information content (AvgIpc) is 3.20. The van der Waals surface area contributed by atoms with Crippen LogP contribution in [-0.4, -0.2) is 41.9 Å². The molecular formula is C24H20ClN7O2. The largest absolute Gasteiger partial charge is 0.420 e. The molecule has 10 heteroatoms. The zero-order valence-electron chi connectivity index (χ0n) is 18.2. The summed E-state index contributed by atoms with van der Waals surface area (Å²) < 4.78 is 7.71. The van der Waals surface area contributed by atoms with Gasteiger partial charge in [-0.25, -0.2) is 4.98 Å². The van der Waals surface area contributed by atoms with E-state index in [4.69, 9.17) is 16.0 Å². The van der Waals surface area contributed by atoms with Crippen LogP contribution < -0.4 is 5.32 Å². The van der Waals surface area contributed by atoms with Crippen molar-refractivity contribution < 1.29 is 9.21 Å². The average molecular weight is 474 g/mol. The van der Waals surface area contributed by atoms with Crippen molar-refractivity contribution in [1.82, 2.24) is 35.3 Å². The molecule has 6 rings (SSSR count). The summed E-state index contributed by atoms with van der Waals surface area (Å²) in [5.41, 5.74) is 4.76. The molecular weight excluding hydrogens is 454 g/mol. The second kappa shape index (κ2) is 8.11. The third-order valence-corrected chi connectivity index (χ3v) is 6.19. The number of pyridine rings is 1. The van der Waals surface area contributed by atoms with E-state index in [0.29, 0.717) is 34.8 Å². The molecule has 2 N–H and O–H groups in total. The number of amides is 1. The first-order valence-electron chi connectivity index (χ1n) is 10.9. The van der Waals surface area contributed by atoms with E-state index in [9.17, 15) is 4.79 Å². The third kappa shape index (κ3) is 3.94. The summed E-state index contributed by atoms with van der Waals surface area (Å²) in [6, 6.07) is 7.59. The minimum Gasteiger partial charge on any atom is -0.420 e. The van der Waals surface area contributed by atoms with Gasteiger partial charge in [0.25, 0.3) is 5.91 Å². The second-order valence-corrected chi connectivity index (χ2v) is 8.86. The van der Waals surface area contributed by atoms with Crippen LogP contribution in [0.4, 0.5) is 0 Å². The van der Waals surface area contributed by atoms with Crippen LogP contribution in [0.5, 0.6) is 0 Å². The Morgan fingerprint density at radius 1 is 1.24 bits per heavy atom. The van der Waals surface area contributed by atoms with E-state index < -0.39 is 0 Å². The van der Waals surface area contributed by atoms with Crippen molar-refractivity contribution in [2.24, 2.45) is 7.05 Å². The maximum absolute atomic E-state index is 12.3. The summed E-state index contributed by atoms with van der Waals surface area (Å²) in [4.78, 5) is 19.9. The lowest BCUT2D eigenvalue weighted by molar-refractivity contribution is 0.0951. The van der Waals surface area contributed by atoms with Crippen LogP contribution in [0, 0.1) is 0 Å². The van der Waals surface area contributed by atoms with Gasteiger partial charge in [0.15, 0.2) is 0 Å². The Bertz CT molecular complexity index is 1530. The van der Waals surface area contributed by atoms with Gasteiger partial charge in [-0.15, -0.1) is 10.2 Å². The molecule has 34 heavy (non-hydrogen) atoms. The van der Waals surface area contributed by atoms with E-state index in [0.717, 1.165) is 46.1 Å². The monoisotopic (exact) mass is 473 g/mol. The molecule has 1 saturated carbocycles. The molecule has 0 bridgehead atoms. The molecule has 4 heterocycles. The Morgan fingerprint density at radius 2 is 2.12 bits per heavy atom. The van der Waals surface area contributed by atoms with E-state index in [1.807, 2.05) is 31.6 Å². The zero-order valence-corrected chi connectivity index (χ0v) is 19.0. The highest BCUT2D eigenvalue weighted by molar-refractivity contribution is 6.31. The highest BCUT2D eigenvalue weighted by Crippen LogP contribution is 2.31. The molecule has 9 nitrogen and oxygen atoms in total. The Morgan fingerprint density at radius 3 is 2.88 bits per heavy atom. The molecule has 0 unspecified atom stereocenters. The molecule has 1 aliphatic carbocycles. The highest BCUT2D eigenvalue weighted by atomic mass is 35.5. The number of halogens is 1. The number of H-pyrrole nitrogens is 1. The number of aromatic amines is 1. The number of hydrogen-bond acceptors (Lipinski definition) is 6. The van der Waals surface area contributed by atoms with Crippen molar-refractivity contribution in [3.8, 4) is 22.6 Å². The van der Waals surface area contributed by atoms with Crippen molar-refractivity contribution in [1.29, 1.82) is 0 Å². The summed E-state index contributed by atoms with van der Waals surface area (Å²) in [5.74, 6) is 0.718. The van der Waals surface area contributed by atoms with E-state index in [1.54, 1.807) is 29.2 Å². The van der Waals surface area contributed by atoms with E-state index >= 15 is 0 Å². The number of nitrogens with one attached hydrogen (secondary N) is 2. The van der Waals surface area contributed by atoms with Crippen LogP contribution in [0.3, 0.4) is 0 Å². The maximum atomic E-state index is 12.3. The summed E-state index contributed by atoms with van der Waals surface area (Å²) in [6.45, 7) is 0. The number of benzene rings is 1. The Labute approximate surface area is 199 Å². The van der Waals surface area contributed by atoms with Gasteiger partial charge < -0.3 is 14.7 Å². The van der Waals surface area contributed by atoms with Crippen molar-refractivity contribution in [2.45, 2.75) is 25.3 Å². The Hall–Kier alpha value is -3.98. The normalized spacial score (nSPS) is 13.5. The quantitative estimate of drug-likeness (QED) is 0.383. The fraction of sp³-hybridized carbons (Fsp3) is 0.208. The van der Waals surface area contributed by atoms with Crippen LogP contribution in [0.25, 0.3) is 33.6 Å². The van der Waals surface area contributed by atoms with Crippen LogP contribution >= 0.6 is 11.6 Å². The van der Waals surface area contributed by atoms with Crippen molar-refractivity contribution in [3.05, 3.63) is 71.1 Å². The van der Waals surface area contributed by atoms with Crippen molar-refractivity contribution in [2.75, 3.05) is 0 Å². The van der Waals surface area contributed by atoms with Crippen LogP contribution in [0.15, 0.2) is 53.5 Å². The zero-order chi connectivity index (χ0) is 23.2. The predicted octanol–water partition coefficient (Wildman–Crippen LogP) is 4.15. The Kier molecular flexibility index (Phi) is 4.91. The first kappa shape index (κ1) is 20.6. The number of nitrogens with zero attached hydrogens (tertiary/aromatic N) is 5. The third-order valence-electron chi connectivity index (χ3n) is 5.84. The van der Waals surface area contributed by atoms with Gasteiger partial charge in [0.05, 0.1) is 18.2 Å². The number of hydrogen-bond donors (Lipinski definition) is 2. The Balaban J connectivity index is 1.25. The van der Waals surface area contributed by atoms with Gasteiger partial charge in [0.1, 0.15) is 5.65 Å². The summed E-state index contributed by atoms with van der Waals surface area (Å²) in [5, 5.41) is 17.0. The number of rotatable bonds is 6. The number of carbonyl (C=O) groups excluding carboxylic acids is 1. The minimum absolute atomic E-state index is 0.102. The molecule has 1 aromatic carbocycles. The molecule has 1 aliphatic rings. The van der Waals surface area contributed by atoms with Gasteiger partial charge in [-0.05, 0) is 36.6 Å². The molecule has 5 aromatic rings. The molecule has 0 aliphatic heterocycles. The fourth-order valence-electron chi connectivity index (χ4n) is 3.83. The second-order valence-electron chi connectivity index (χ2n) is 8.46. The number of aryl methyl sites for hydroxylation is 1. The molecule has 0 saturated heterocycles. The van der Waals surface area contributed by atoms with E-state index in [2.05, 4.69) is 30.6 Å². The van der Waals surface area contributed by atoms with E-state index in [-0.39, 0.29) is 5.91 Å². The lowest BCUT2D eigenvalue weighted by atomic mass is 10.1. The summed E-state index contributed by atoms with van der Waals surface area (Å²) >= 11 is 6.45. The lowest BCUT2D eigenvalue weighted by Gasteiger charge is -2.06. The summed E-state index contributed by atoms with van der Waals surface area (Å²) in [6.07, 6.45) is 9.77. The molecule has 0 radical (unpaired) electrons. The SMILES string of the molecule is Cn1cc(-c2cnc3[nH]cc(-c4nnc(Cc5ccc(C(=O)NC6CC6)cc5Cl)o4)c3c2)cn1. The number of aromatic nitrogens is 6. The van der Waals surface area contributed by atoms with Gasteiger partial charge >= 0.3 is 0 Å². The molecule has 170 valence electrons. The van der Waals surface area contributed by atoms with E-state index in [1.165, 1.54) is 0 Å². The van der Waals surface area contributed by atoms with Crippen LogP contribution in [0.2, 0.25) is 5.02 Å². The molecule has 0 atom stereocenters. The predicted molar refractivity (Wildman–Crippen MR) is 126 cm³/mol. The fourth-order valence-corrected chi connectivity index (χ4v) is 4.08. The van der Waals surface area contributed by atoms with Crippen LogP contribution in [0.1, 0.15) is 34.7 Å². The van der Waals surface area contributed by atoms with Crippen molar-refractivity contribution >= 4 is 28.5 Å². The van der Waals surface area contributed by atoms with Gasteiger partial charge in [-0.2, -0.15) is 5.10 Å². The van der Waals surface area contributed by atoms with Gasteiger partial charge in [0.2, 0.25) is 11.8 Å². The minimum atomic E-state index is -0.102. The van der Waals surface area contributed by atoms with Crippen LogP contribution in [-0.2, 0) is 13.5 Å². The first-order chi connectivity index (χ1) is 16.5. The number of carbonyl (C=O) groups is 1. The lowest BCUT2D eigenvalue weighted by Crippen LogP contribution is -2.25. The smallest absolute Gasteiger partial charge is 0.251 e. The topological polar surface area (TPSA) is 115 Å². The van der Waals surface area contributed by atoms with Gasteiger partial charge in [0, 0.05) is 58.8 Å². The summed E-state index contributed by atoms with van der Waals surface area (Å²) in [7, 11) is 1.87. The van der Waals surface area contributed by atoms with Gasteiger partial charge in [-0.3, -0.25) is 9.48 Å². The maximum Gasteiger partial charge on any atom is 0.251 e. The highest BCUT2D eigenvalue weighted by Gasteiger charge is 2.24.